The van der Waals surface area contributed by atoms with E-state index in [1.807, 2.05) is 27.7 Å². The number of hydrogen-bond acceptors (Lipinski definition) is 5. The Morgan fingerprint density at radius 1 is 0.973 bits per heavy atom. The average Bonchev–Trinajstić information content (AvgIpc) is 3.37. The van der Waals surface area contributed by atoms with Gasteiger partial charge in [-0.3, -0.25) is 5.01 Å². The second kappa shape index (κ2) is 21.8. The van der Waals surface area contributed by atoms with Gasteiger partial charge in [0.05, 0.1) is 5.71 Å². The summed E-state index contributed by atoms with van der Waals surface area (Å²) in [5, 5.41) is 7.18. The van der Waals surface area contributed by atoms with Crippen molar-refractivity contribution in [1.82, 2.24) is 9.91 Å². The Kier molecular flexibility index (Phi) is 20.4. The molecule has 1 fully saturated rings. The fourth-order valence-corrected chi connectivity index (χ4v) is 4.09. The lowest BCUT2D eigenvalue weighted by Gasteiger charge is -2.26. The van der Waals surface area contributed by atoms with E-state index in [9.17, 15) is 0 Å². The third kappa shape index (κ3) is 13.7. The van der Waals surface area contributed by atoms with E-state index >= 15 is 0 Å². The van der Waals surface area contributed by atoms with Gasteiger partial charge in [-0.25, -0.2) is 0 Å². The molecule has 0 aromatic heterocycles. The summed E-state index contributed by atoms with van der Waals surface area (Å²) in [6.07, 6.45) is 8.85. The van der Waals surface area contributed by atoms with E-state index in [0.717, 1.165) is 44.1 Å². The predicted octanol–water partition coefficient (Wildman–Crippen LogP) is 8.34. The molecule has 0 aliphatic carbocycles. The molecule has 212 valence electrons. The van der Waals surface area contributed by atoms with Gasteiger partial charge >= 0.3 is 0 Å². The number of allylic oxidation sites excluding steroid dienone is 1. The maximum Gasteiger partial charge on any atom is 0.231 e. The molecule has 0 N–H and O–H groups in total. The van der Waals surface area contributed by atoms with E-state index in [1.54, 1.807) is 0 Å². The second-order valence-corrected chi connectivity index (χ2v) is 9.06. The topological polar surface area (TPSA) is 37.3 Å². The molecule has 2 atom stereocenters. The maximum absolute atomic E-state index is 5.66. The van der Waals surface area contributed by atoms with Gasteiger partial charge in [0.25, 0.3) is 0 Å². The minimum absolute atomic E-state index is 0.325. The van der Waals surface area contributed by atoms with Crippen LogP contribution < -0.4 is 0 Å². The zero-order valence-corrected chi connectivity index (χ0v) is 25.7. The average molecular weight is 516 g/mol. The highest BCUT2D eigenvalue weighted by molar-refractivity contribution is 6.01. The fourth-order valence-electron chi connectivity index (χ4n) is 4.09. The molecule has 1 aromatic rings. The largest absolute Gasteiger partial charge is 0.454 e. The van der Waals surface area contributed by atoms with Gasteiger partial charge in [-0.2, -0.15) is 5.10 Å². The molecule has 1 heterocycles. The molecule has 1 saturated heterocycles. The highest BCUT2D eigenvalue weighted by atomic mass is 16.7. The molecule has 37 heavy (non-hydrogen) atoms. The molecule has 1 aliphatic rings. The van der Waals surface area contributed by atoms with Crippen LogP contribution >= 0.6 is 0 Å². The smallest absolute Gasteiger partial charge is 0.231 e. The van der Waals surface area contributed by atoms with Crippen molar-refractivity contribution >= 4 is 5.71 Å². The molecule has 2 unspecified atom stereocenters. The fraction of sp³-hybridized carbons (Fsp3) is 0.656. The number of nitrogens with zero attached hydrogens (tertiary/aromatic N) is 3. The van der Waals surface area contributed by atoms with Crippen LogP contribution in [0.4, 0.5) is 0 Å². The lowest BCUT2D eigenvalue weighted by molar-refractivity contribution is 0.0968. The normalized spacial score (nSPS) is 16.8. The summed E-state index contributed by atoms with van der Waals surface area (Å²) < 4.78 is 11.2. The Bertz CT molecular complexity index is 773. The number of likely N-dealkylation sites (N-methyl/N-ethyl adjacent to an activating group) is 2. The van der Waals surface area contributed by atoms with Crippen molar-refractivity contribution in [3.05, 3.63) is 59.6 Å². The highest BCUT2D eigenvalue weighted by Crippen LogP contribution is 2.23. The van der Waals surface area contributed by atoms with E-state index in [0.29, 0.717) is 18.6 Å². The number of unbranched alkanes of at least 4 members (excludes halogenated alkanes) is 1. The molecule has 5 nitrogen and oxygen atoms in total. The van der Waals surface area contributed by atoms with E-state index in [4.69, 9.17) is 14.6 Å². The SMILES string of the molecule is CC.CC.CC/C=C1/OCO/C1=C/C(C)CN(CC)CCN(C)/N=C(/c1ccccc1)C(C)CCCC. The van der Waals surface area contributed by atoms with Crippen LogP contribution in [0.25, 0.3) is 0 Å². The summed E-state index contributed by atoms with van der Waals surface area (Å²) in [5.41, 5.74) is 2.43. The zero-order chi connectivity index (χ0) is 28.1. The lowest BCUT2D eigenvalue weighted by atomic mass is 9.94. The monoisotopic (exact) mass is 515 g/mol. The number of rotatable bonds is 14. The van der Waals surface area contributed by atoms with Gasteiger partial charge in [-0.1, -0.05) is 105 Å². The van der Waals surface area contributed by atoms with Crippen LogP contribution in [0.2, 0.25) is 0 Å². The number of benzene rings is 1. The van der Waals surface area contributed by atoms with E-state index in [-0.39, 0.29) is 0 Å². The third-order valence-corrected chi connectivity index (χ3v) is 6.04. The van der Waals surface area contributed by atoms with Gasteiger partial charge < -0.3 is 14.4 Å². The van der Waals surface area contributed by atoms with Gasteiger partial charge in [-0.15, -0.1) is 0 Å². The van der Waals surface area contributed by atoms with E-state index in [2.05, 4.69) is 94.1 Å². The van der Waals surface area contributed by atoms with Gasteiger partial charge in [0, 0.05) is 32.6 Å². The number of hydrazone groups is 1. The summed E-state index contributed by atoms with van der Waals surface area (Å²) in [6.45, 7) is 23.3. The number of hydrogen-bond donors (Lipinski definition) is 0. The molecular formula is C32H57N3O2. The van der Waals surface area contributed by atoms with Gasteiger partial charge in [0.15, 0.2) is 11.5 Å². The molecule has 0 spiro atoms. The van der Waals surface area contributed by atoms with Crippen molar-refractivity contribution in [2.45, 2.75) is 88.0 Å². The van der Waals surface area contributed by atoms with E-state index < -0.39 is 0 Å². The van der Waals surface area contributed by atoms with Crippen molar-refractivity contribution in [3.8, 4) is 0 Å². The van der Waals surface area contributed by atoms with Gasteiger partial charge in [0.2, 0.25) is 6.79 Å². The highest BCUT2D eigenvalue weighted by Gasteiger charge is 2.18. The Labute approximate surface area is 229 Å². The molecule has 0 radical (unpaired) electrons. The van der Waals surface area contributed by atoms with Crippen LogP contribution in [0.15, 0.2) is 59.1 Å². The molecular weight excluding hydrogens is 458 g/mol. The van der Waals surface area contributed by atoms with Crippen molar-refractivity contribution < 1.29 is 9.47 Å². The molecule has 0 bridgehead atoms. The third-order valence-electron chi connectivity index (χ3n) is 6.04. The first-order valence-electron chi connectivity index (χ1n) is 14.7. The van der Waals surface area contributed by atoms with Crippen molar-refractivity contribution in [3.63, 3.8) is 0 Å². The second-order valence-electron chi connectivity index (χ2n) is 9.06. The molecule has 5 heteroatoms. The quantitative estimate of drug-likeness (QED) is 0.184. The first-order valence-corrected chi connectivity index (χ1v) is 14.7. The summed E-state index contributed by atoms with van der Waals surface area (Å²) in [4.78, 5) is 2.48. The Morgan fingerprint density at radius 2 is 1.62 bits per heavy atom. The summed E-state index contributed by atoms with van der Waals surface area (Å²) in [5.74, 6) is 2.59. The molecule has 0 amide bonds. The summed E-state index contributed by atoms with van der Waals surface area (Å²) in [6, 6.07) is 10.6. The molecule has 1 aromatic carbocycles. The summed E-state index contributed by atoms with van der Waals surface area (Å²) in [7, 11) is 2.10. The first-order chi connectivity index (χ1) is 18.0. The minimum Gasteiger partial charge on any atom is -0.454 e. The van der Waals surface area contributed by atoms with Crippen LogP contribution in [0, 0.1) is 11.8 Å². The van der Waals surface area contributed by atoms with Crippen molar-refractivity contribution in [2.75, 3.05) is 40.0 Å². The standard InChI is InChI=1S/C28H45N3O2.2C2H6/c1-7-10-15-24(5)28(25-16-12-11-13-17-25)29-30(6)18-19-31(9-3)21-23(4)20-27-26(14-8-2)32-22-33-27;2*1-2/h11-14,16-17,20,23-24H,7-10,15,18-19,21-22H2,1-6H3;2*1-2H3/b26-14+,27-20+,29-28+;;. The van der Waals surface area contributed by atoms with Crippen LogP contribution in [0.5, 0.6) is 0 Å². The lowest BCUT2D eigenvalue weighted by Crippen LogP contribution is -2.34. The first kappa shape index (κ1) is 34.7. The molecule has 0 saturated carbocycles. The van der Waals surface area contributed by atoms with E-state index in [1.165, 1.54) is 30.5 Å². The Hall–Kier alpha value is -2.27. The Morgan fingerprint density at radius 3 is 2.22 bits per heavy atom. The Balaban J connectivity index is 0.00000308. The van der Waals surface area contributed by atoms with Crippen LogP contribution in [0.1, 0.15) is 93.6 Å². The van der Waals surface area contributed by atoms with Crippen LogP contribution in [-0.2, 0) is 9.47 Å². The van der Waals surface area contributed by atoms with Crippen LogP contribution in [-0.4, -0.2) is 55.6 Å². The maximum atomic E-state index is 5.66. The van der Waals surface area contributed by atoms with Gasteiger partial charge in [0.1, 0.15) is 0 Å². The van der Waals surface area contributed by atoms with Crippen molar-refractivity contribution in [2.24, 2.45) is 16.9 Å². The predicted molar refractivity (Wildman–Crippen MR) is 162 cm³/mol. The zero-order valence-electron chi connectivity index (χ0n) is 25.7. The summed E-state index contributed by atoms with van der Waals surface area (Å²) >= 11 is 0. The number of ether oxygens (including phenoxy) is 2. The molecule has 2 rings (SSSR count). The van der Waals surface area contributed by atoms with Crippen molar-refractivity contribution in [1.29, 1.82) is 0 Å². The minimum atomic E-state index is 0.325. The van der Waals surface area contributed by atoms with Gasteiger partial charge in [-0.05, 0) is 43.0 Å². The molecule has 1 aliphatic heterocycles. The van der Waals surface area contributed by atoms with Crippen LogP contribution in [0.3, 0.4) is 0 Å².